The maximum absolute atomic E-state index is 9.45. The van der Waals surface area contributed by atoms with E-state index in [-0.39, 0.29) is 11.8 Å². The Kier molecular flexibility index (Phi) is 3.77. The van der Waals surface area contributed by atoms with Crippen molar-refractivity contribution in [2.24, 2.45) is 5.73 Å². The van der Waals surface area contributed by atoms with Gasteiger partial charge in [-0.15, -0.1) is 0 Å². The molecule has 3 N–H and O–H groups in total. The molecule has 0 spiro atoms. The normalized spacial score (nSPS) is 12.5. The minimum absolute atomic E-state index is 0.00908. The molecule has 3 heteroatoms. The average Bonchev–Trinajstić information content (AvgIpc) is 2.20. The van der Waals surface area contributed by atoms with Crippen LogP contribution in [0.15, 0.2) is 18.2 Å². The number of aromatic hydroxyl groups is 1. The first-order valence-electron chi connectivity index (χ1n) is 4.90. The molecule has 0 aliphatic rings. The lowest BCUT2D eigenvalue weighted by atomic mass is 10.1. The molecule has 0 radical (unpaired) electrons. The third-order valence-corrected chi connectivity index (χ3v) is 2.15. The summed E-state index contributed by atoms with van der Waals surface area (Å²) in [6.07, 6.45) is 0.871. The zero-order valence-electron chi connectivity index (χ0n) is 8.66. The summed E-state index contributed by atoms with van der Waals surface area (Å²) in [5, 5.41) is 9.45. The van der Waals surface area contributed by atoms with Crippen LogP contribution in [0.2, 0.25) is 0 Å². The van der Waals surface area contributed by atoms with E-state index in [4.69, 9.17) is 10.5 Å². The first kappa shape index (κ1) is 10.9. The number of hydrogen-bond donors (Lipinski definition) is 2. The second kappa shape index (κ2) is 4.86. The Balaban J connectivity index is 2.93. The molecule has 14 heavy (non-hydrogen) atoms. The van der Waals surface area contributed by atoms with Gasteiger partial charge in [0.05, 0.1) is 6.61 Å². The molecule has 0 unspecified atom stereocenters. The lowest BCUT2D eigenvalue weighted by Crippen LogP contribution is -2.08. The second-order valence-electron chi connectivity index (χ2n) is 3.17. The Morgan fingerprint density at radius 3 is 2.71 bits per heavy atom. The summed E-state index contributed by atoms with van der Waals surface area (Å²) < 4.78 is 5.27. The number of nitrogens with two attached hydrogens (primary N) is 1. The third-order valence-electron chi connectivity index (χ3n) is 2.15. The fourth-order valence-electron chi connectivity index (χ4n) is 1.27. The zero-order valence-corrected chi connectivity index (χ0v) is 8.66. The van der Waals surface area contributed by atoms with Crippen molar-refractivity contribution in [1.82, 2.24) is 0 Å². The van der Waals surface area contributed by atoms with Gasteiger partial charge in [-0.1, -0.05) is 13.0 Å². The molecule has 1 atom stereocenters. The quantitative estimate of drug-likeness (QED) is 0.774. The summed E-state index contributed by atoms with van der Waals surface area (Å²) >= 11 is 0. The summed E-state index contributed by atoms with van der Waals surface area (Å²) in [6.45, 7) is 4.45. The van der Waals surface area contributed by atoms with Gasteiger partial charge in [0.15, 0.2) is 11.5 Å². The summed E-state index contributed by atoms with van der Waals surface area (Å²) in [5.74, 6) is 0.674. The molecule has 0 heterocycles. The van der Waals surface area contributed by atoms with Gasteiger partial charge in [0.25, 0.3) is 0 Å². The van der Waals surface area contributed by atoms with Gasteiger partial charge >= 0.3 is 0 Å². The fraction of sp³-hybridized carbons (Fsp3) is 0.455. The van der Waals surface area contributed by atoms with Crippen molar-refractivity contribution in [1.29, 1.82) is 0 Å². The van der Waals surface area contributed by atoms with Gasteiger partial charge < -0.3 is 15.6 Å². The Bertz CT molecular complexity index is 299. The summed E-state index contributed by atoms with van der Waals surface area (Å²) in [7, 11) is 0. The molecule has 0 saturated carbocycles. The van der Waals surface area contributed by atoms with Gasteiger partial charge in [-0.2, -0.15) is 0 Å². The standard InChI is InChI=1S/C11H17NO2/c1-3-9(12)8-5-6-10(13)11(7-8)14-4-2/h5-7,9,13H,3-4,12H2,1-2H3/t9-/m0/s1. The van der Waals surface area contributed by atoms with Gasteiger partial charge in [-0.25, -0.2) is 0 Å². The summed E-state index contributed by atoms with van der Waals surface area (Å²) in [5.41, 5.74) is 6.87. The Morgan fingerprint density at radius 2 is 2.14 bits per heavy atom. The molecule has 0 bridgehead atoms. The third kappa shape index (κ3) is 2.39. The molecule has 0 aliphatic heterocycles. The number of rotatable bonds is 4. The van der Waals surface area contributed by atoms with Crippen molar-refractivity contribution < 1.29 is 9.84 Å². The highest BCUT2D eigenvalue weighted by Gasteiger charge is 2.07. The number of benzene rings is 1. The van der Waals surface area contributed by atoms with E-state index in [1.54, 1.807) is 12.1 Å². The van der Waals surface area contributed by atoms with Crippen LogP contribution in [0, 0.1) is 0 Å². The van der Waals surface area contributed by atoms with Crippen molar-refractivity contribution in [3.05, 3.63) is 23.8 Å². The molecule has 3 nitrogen and oxygen atoms in total. The molecule has 0 saturated heterocycles. The number of phenols is 1. The average molecular weight is 195 g/mol. The summed E-state index contributed by atoms with van der Waals surface area (Å²) in [6, 6.07) is 5.25. The van der Waals surface area contributed by atoms with E-state index in [2.05, 4.69) is 0 Å². The lowest BCUT2D eigenvalue weighted by molar-refractivity contribution is 0.317. The van der Waals surface area contributed by atoms with Gasteiger partial charge in [0, 0.05) is 6.04 Å². The molecule has 78 valence electrons. The molecule has 0 aliphatic carbocycles. The molecule has 1 rings (SSSR count). The zero-order chi connectivity index (χ0) is 10.6. The van der Waals surface area contributed by atoms with Gasteiger partial charge in [-0.05, 0) is 31.0 Å². The number of phenolic OH excluding ortho intramolecular Hbond substituents is 1. The predicted molar refractivity (Wildman–Crippen MR) is 56.5 cm³/mol. The molecule has 0 amide bonds. The van der Waals surface area contributed by atoms with Crippen molar-refractivity contribution in [3.8, 4) is 11.5 Å². The topological polar surface area (TPSA) is 55.5 Å². The van der Waals surface area contributed by atoms with Crippen LogP contribution in [0.1, 0.15) is 31.9 Å². The highest BCUT2D eigenvalue weighted by molar-refractivity contribution is 5.42. The van der Waals surface area contributed by atoms with E-state index in [9.17, 15) is 5.11 Å². The van der Waals surface area contributed by atoms with Crippen molar-refractivity contribution in [2.75, 3.05) is 6.61 Å². The Hall–Kier alpha value is -1.22. The lowest BCUT2D eigenvalue weighted by Gasteiger charge is -2.12. The van der Waals surface area contributed by atoms with E-state index in [0.717, 1.165) is 12.0 Å². The Labute approximate surface area is 84.5 Å². The van der Waals surface area contributed by atoms with E-state index in [1.165, 1.54) is 0 Å². The molecule has 1 aromatic rings. The van der Waals surface area contributed by atoms with Gasteiger partial charge in [-0.3, -0.25) is 0 Å². The van der Waals surface area contributed by atoms with Crippen molar-refractivity contribution in [3.63, 3.8) is 0 Å². The highest BCUT2D eigenvalue weighted by Crippen LogP contribution is 2.29. The van der Waals surface area contributed by atoms with Crippen LogP contribution >= 0.6 is 0 Å². The van der Waals surface area contributed by atoms with Crippen LogP contribution < -0.4 is 10.5 Å². The van der Waals surface area contributed by atoms with Crippen LogP contribution in [-0.4, -0.2) is 11.7 Å². The molecule has 0 aromatic heterocycles. The highest BCUT2D eigenvalue weighted by atomic mass is 16.5. The monoisotopic (exact) mass is 195 g/mol. The predicted octanol–water partition coefficient (Wildman–Crippen LogP) is 2.20. The Morgan fingerprint density at radius 1 is 1.43 bits per heavy atom. The number of hydrogen-bond acceptors (Lipinski definition) is 3. The SMILES string of the molecule is CCOc1cc([C@@H](N)CC)ccc1O. The maximum Gasteiger partial charge on any atom is 0.161 e. The minimum Gasteiger partial charge on any atom is -0.504 e. The smallest absolute Gasteiger partial charge is 0.161 e. The fourth-order valence-corrected chi connectivity index (χ4v) is 1.27. The molecule has 0 fully saturated rings. The van der Waals surface area contributed by atoms with Crippen LogP contribution in [0.25, 0.3) is 0 Å². The number of ether oxygens (including phenoxy) is 1. The van der Waals surface area contributed by atoms with E-state index in [1.807, 2.05) is 19.9 Å². The molecular formula is C11H17NO2. The maximum atomic E-state index is 9.45. The van der Waals surface area contributed by atoms with Crippen molar-refractivity contribution in [2.45, 2.75) is 26.3 Å². The molecular weight excluding hydrogens is 178 g/mol. The van der Waals surface area contributed by atoms with Crippen LogP contribution in [0.5, 0.6) is 11.5 Å². The van der Waals surface area contributed by atoms with E-state index >= 15 is 0 Å². The first-order chi connectivity index (χ1) is 6.69. The first-order valence-corrected chi connectivity index (χ1v) is 4.90. The van der Waals surface area contributed by atoms with Crippen LogP contribution in [-0.2, 0) is 0 Å². The van der Waals surface area contributed by atoms with Gasteiger partial charge in [0.1, 0.15) is 0 Å². The second-order valence-corrected chi connectivity index (χ2v) is 3.17. The van der Waals surface area contributed by atoms with E-state index < -0.39 is 0 Å². The minimum atomic E-state index is 0.00908. The van der Waals surface area contributed by atoms with Crippen LogP contribution in [0.4, 0.5) is 0 Å². The summed E-state index contributed by atoms with van der Waals surface area (Å²) in [4.78, 5) is 0. The van der Waals surface area contributed by atoms with Crippen LogP contribution in [0.3, 0.4) is 0 Å². The molecule has 1 aromatic carbocycles. The van der Waals surface area contributed by atoms with Gasteiger partial charge in [0.2, 0.25) is 0 Å². The largest absolute Gasteiger partial charge is 0.504 e. The van der Waals surface area contributed by atoms with E-state index in [0.29, 0.717) is 12.4 Å². The van der Waals surface area contributed by atoms with Crippen molar-refractivity contribution >= 4 is 0 Å².